The second kappa shape index (κ2) is 464. The summed E-state index contributed by atoms with van der Waals surface area (Å²) in [6, 6.07) is 0. The molecule has 0 saturated heterocycles. The van der Waals surface area contributed by atoms with Gasteiger partial charge in [-0.05, 0) is 0 Å². The van der Waals surface area contributed by atoms with Crippen LogP contribution >= 0.6 is 0 Å². The molecule has 0 rings (SSSR count). The maximum absolute atomic E-state index is 0. The molecule has 0 spiro atoms. The van der Waals surface area contributed by atoms with Crippen LogP contribution in [-0.2, 0) is 21.1 Å². The molecule has 0 aliphatic heterocycles. The van der Waals surface area contributed by atoms with Crippen LogP contribution in [0, 0.1) is 0 Å². The van der Waals surface area contributed by atoms with Crippen molar-refractivity contribution in [3.05, 3.63) is 0 Å². The molecule has 0 amide bonds. The van der Waals surface area contributed by atoms with Gasteiger partial charge in [-0.3, -0.25) is 0 Å². The van der Waals surface area contributed by atoms with Gasteiger partial charge in [-0.1, -0.05) is 0 Å². The van der Waals surface area contributed by atoms with Crippen LogP contribution < -0.4 is 0 Å². The summed E-state index contributed by atoms with van der Waals surface area (Å²) in [4.78, 5) is 0. The van der Waals surface area contributed by atoms with Gasteiger partial charge in [0.2, 0.25) is 0 Å². The minimum Gasteiger partial charge on any atom is -0.870 e. The Morgan fingerprint density at radius 1 is 0.500 bits per heavy atom. The maximum atomic E-state index is 0. The molecule has 6 heteroatoms. The molecule has 0 fully saturated rings. The first-order valence-corrected chi connectivity index (χ1v) is 0. The third kappa shape index (κ3) is 229. The Morgan fingerprint density at radius 2 is 0.500 bits per heavy atom. The number of rotatable bonds is 0. The summed E-state index contributed by atoms with van der Waals surface area (Å²) in [6.45, 7) is 0. The fourth-order valence-electron chi connectivity index (χ4n) is 0. The zero-order chi connectivity index (χ0) is 0. The van der Waals surface area contributed by atoms with E-state index in [-0.39, 0.29) is 48.4 Å². The van der Waals surface area contributed by atoms with Gasteiger partial charge in [0, 0.05) is 0 Å². The van der Waals surface area contributed by atoms with E-state index in [0.29, 0.717) is 0 Å². The van der Waals surface area contributed by atoms with Crippen LogP contribution in [-0.4, -0.2) is 27.4 Å². The van der Waals surface area contributed by atoms with Gasteiger partial charge in [0.05, 0.1) is 0 Å². The Hall–Kier alpha value is 0.488. The summed E-state index contributed by atoms with van der Waals surface area (Å²) in [5.41, 5.74) is 0. The Balaban J connectivity index is 0. The average Bonchev–Trinajstić information content (AvgIpc) is 0. The topological polar surface area (TPSA) is 152 Å². The summed E-state index contributed by atoms with van der Waals surface area (Å²) in [7, 11) is 0. The molecule has 0 saturated carbocycles. The van der Waals surface area contributed by atoms with Crippen LogP contribution in [0.1, 0.15) is 0 Å². The van der Waals surface area contributed by atoms with Crippen LogP contribution in [0.25, 0.3) is 0 Å². The molecule has 0 aliphatic carbocycles. The molecule has 42 valence electrons. The van der Waals surface area contributed by atoms with Gasteiger partial charge >= 0.3 is 21.1 Å². The van der Waals surface area contributed by atoms with Gasteiger partial charge in [0.1, 0.15) is 0 Å². The van der Waals surface area contributed by atoms with E-state index in [0.717, 1.165) is 0 Å². The van der Waals surface area contributed by atoms with E-state index in [1.54, 1.807) is 0 Å². The molecule has 0 aromatic carbocycles. The van der Waals surface area contributed by atoms with Gasteiger partial charge < -0.3 is 27.4 Å². The quantitative estimate of drug-likeness (QED) is 0.416. The molecule has 0 unspecified atom stereocenters. The summed E-state index contributed by atoms with van der Waals surface area (Å²) in [5, 5.41) is 0. The molecule has 0 heterocycles. The second-order valence-corrected chi connectivity index (χ2v) is 0. The van der Waals surface area contributed by atoms with Crippen molar-refractivity contribution < 1.29 is 48.4 Å². The monoisotopic (exact) mass is 184 g/mol. The summed E-state index contributed by atoms with van der Waals surface area (Å²) in [5.74, 6) is 0. The van der Waals surface area contributed by atoms with Crippen molar-refractivity contribution in [3.63, 3.8) is 0 Å². The van der Waals surface area contributed by atoms with E-state index in [1.807, 2.05) is 0 Å². The fourth-order valence-corrected chi connectivity index (χ4v) is 0. The summed E-state index contributed by atoms with van der Waals surface area (Å²) in [6.07, 6.45) is 0. The van der Waals surface area contributed by atoms with Crippen molar-refractivity contribution in [1.82, 2.24) is 0 Å². The number of hydrogen-bond acceptors (Lipinski definition) is 4. The maximum Gasteiger partial charge on any atom is 4.00 e. The molecule has 0 bridgehead atoms. The molecule has 0 aromatic heterocycles. The second-order valence-electron chi connectivity index (χ2n) is 0. The van der Waals surface area contributed by atoms with Crippen molar-refractivity contribution >= 4 is 0 Å². The number of hydrogen-bond donors (Lipinski definition) is 0. The van der Waals surface area contributed by atoms with Crippen molar-refractivity contribution in [2.75, 3.05) is 0 Å². The molecule has 6 N–H and O–H groups in total. The van der Waals surface area contributed by atoms with Crippen molar-refractivity contribution in [2.24, 2.45) is 0 Å². The first-order valence-electron chi connectivity index (χ1n) is 0. The average molecular weight is 182 g/mol. The van der Waals surface area contributed by atoms with E-state index in [4.69, 9.17) is 0 Å². The smallest absolute Gasteiger partial charge is 0.870 e. The van der Waals surface area contributed by atoms with Crippen molar-refractivity contribution in [1.29, 1.82) is 0 Å². The third-order valence-corrected chi connectivity index (χ3v) is 0. The van der Waals surface area contributed by atoms with Gasteiger partial charge in [-0.2, -0.15) is 0 Å². The fraction of sp³-hybridized carbons (Fsp3) is 0. The minimum absolute atomic E-state index is 0. The predicted molar refractivity (Wildman–Crippen MR) is 11.4 cm³/mol. The minimum atomic E-state index is 0. The Labute approximate surface area is 49.2 Å². The molecular weight excluding hydrogens is 176 g/mol. The van der Waals surface area contributed by atoms with Crippen LogP contribution in [0.3, 0.4) is 0 Å². The van der Waals surface area contributed by atoms with E-state index in [2.05, 4.69) is 0 Å². The molecule has 5 nitrogen and oxygen atoms in total. The molecular formula is H6MoO5. The van der Waals surface area contributed by atoms with Crippen LogP contribution in [0.2, 0.25) is 0 Å². The molecule has 6 heavy (non-hydrogen) atoms. The first-order chi connectivity index (χ1) is 0. The van der Waals surface area contributed by atoms with Crippen molar-refractivity contribution in [2.45, 2.75) is 0 Å². The standard InChI is InChI=1S/Mo.5H2O/h;5*1H2/q+4;;;;;/p-4. The third-order valence-electron chi connectivity index (χ3n) is 0. The van der Waals surface area contributed by atoms with Gasteiger partial charge in [-0.15, -0.1) is 0 Å². The predicted octanol–water partition coefficient (Wildman–Crippen LogP) is -1.53. The van der Waals surface area contributed by atoms with Gasteiger partial charge in [0.15, 0.2) is 0 Å². The summed E-state index contributed by atoms with van der Waals surface area (Å²) >= 11 is 0. The Kier molecular flexibility index (Phi) is 63300. The normalized spacial score (nSPS) is 0. The van der Waals surface area contributed by atoms with Gasteiger partial charge in [-0.25, -0.2) is 0 Å². The van der Waals surface area contributed by atoms with E-state index < -0.39 is 0 Å². The SMILES string of the molecule is O.[Mo+4].[OH-].[OH-].[OH-].[OH-]. The zero-order valence-corrected chi connectivity index (χ0v) is 4.70. The first kappa shape index (κ1) is 820. The van der Waals surface area contributed by atoms with Crippen LogP contribution in [0.15, 0.2) is 0 Å². The van der Waals surface area contributed by atoms with E-state index in [1.165, 1.54) is 0 Å². The van der Waals surface area contributed by atoms with E-state index >= 15 is 0 Å². The van der Waals surface area contributed by atoms with Crippen LogP contribution in [0.5, 0.6) is 0 Å². The molecule has 0 aromatic rings. The largest absolute Gasteiger partial charge is 4.00 e. The van der Waals surface area contributed by atoms with Gasteiger partial charge in [0.25, 0.3) is 0 Å². The van der Waals surface area contributed by atoms with Crippen molar-refractivity contribution in [3.8, 4) is 0 Å². The molecule has 0 atom stereocenters. The Bertz CT molecular complexity index is 3.90. The van der Waals surface area contributed by atoms with Crippen LogP contribution in [0.4, 0.5) is 0 Å². The molecule has 0 aliphatic rings. The van der Waals surface area contributed by atoms with E-state index in [9.17, 15) is 0 Å². The summed E-state index contributed by atoms with van der Waals surface area (Å²) < 4.78 is 0. The zero-order valence-electron chi connectivity index (χ0n) is 2.70. The Morgan fingerprint density at radius 3 is 0.500 bits per heavy atom. The molecule has 0 radical (unpaired) electrons.